The Labute approximate surface area is 510 Å². The molecule has 0 radical (unpaired) electrons. The SMILES string of the molecule is COC(=O)c1cnc(Cl)s1.Cc1c(F)cc(CNC(=O)c2csc(Cl)n2)cc1F.Cc1c(F)cc(CNC(=O)c2csc(Oc3ccc(C(F)(F)F)cc3)n2)cc1F.Cc1c(F)cc(CNC(=O)c2csc(Oc3ccc(C(F)(F)F)cc3)n2)cc1F. The number of thiazole rings is 4. The van der Waals surface area contributed by atoms with E-state index in [0.29, 0.717) is 14.9 Å². The number of hydrogen-bond donors (Lipinski definition) is 3. The average Bonchev–Trinajstić information content (AvgIpc) is 4.19. The van der Waals surface area contributed by atoms with Gasteiger partial charge in [0, 0.05) is 52.5 Å². The van der Waals surface area contributed by atoms with Gasteiger partial charge in [-0.15, -0.1) is 11.3 Å². The van der Waals surface area contributed by atoms with Gasteiger partial charge in [0.25, 0.3) is 28.1 Å². The van der Waals surface area contributed by atoms with Crippen molar-refractivity contribution in [2.75, 3.05) is 7.11 Å². The van der Waals surface area contributed by atoms with Crippen LogP contribution in [0.2, 0.25) is 8.93 Å². The minimum atomic E-state index is -4.45. The van der Waals surface area contributed by atoms with Crippen molar-refractivity contribution in [3.05, 3.63) is 218 Å². The number of nitrogens with zero attached hydrogens (tertiary/aromatic N) is 4. The zero-order chi connectivity index (χ0) is 63.9. The first-order chi connectivity index (χ1) is 41.0. The number of amides is 3. The van der Waals surface area contributed by atoms with E-state index in [4.69, 9.17) is 32.7 Å². The molecular weight excluding hydrogens is 1300 g/mol. The molecular formula is C55H39Cl2F12N7O7S4. The van der Waals surface area contributed by atoms with Crippen molar-refractivity contribution in [3.8, 4) is 21.9 Å². The van der Waals surface area contributed by atoms with Gasteiger partial charge in [0.05, 0.1) is 24.4 Å². The van der Waals surface area contributed by atoms with Crippen LogP contribution in [0.25, 0.3) is 0 Å². The molecule has 4 heterocycles. The molecule has 14 nitrogen and oxygen atoms in total. The van der Waals surface area contributed by atoms with Crippen LogP contribution in [-0.2, 0) is 36.7 Å². The normalized spacial score (nSPS) is 11.0. The standard InChI is InChI=1S/2C19H13F5N2O2S.C12H9ClF2N2OS.C5H4ClNO2S/c2*1-10-14(20)6-11(7-15(10)21)8-25-17(27)16-9-29-18(26-16)28-13-4-2-12(3-5-13)19(22,23)24;1-6-8(14)2-7(3-9(6)15)4-16-11(18)10-5-19-12(13)17-10;1-9-4(8)3-2-7-5(6)10-3/h2*2-7,9H,8H2,1H3,(H,25,27);2-3,5H,4H2,1H3,(H,16,18);2H,1H3. The highest BCUT2D eigenvalue weighted by Gasteiger charge is 2.31. The minimum Gasteiger partial charge on any atom is -0.465 e. The van der Waals surface area contributed by atoms with E-state index < -0.39 is 82.1 Å². The molecule has 458 valence electrons. The summed E-state index contributed by atoms with van der Waals surface area (Å²) in [5.74, 6) is -5.89. The third kappa shape index (κ3) is 20.2. The summed E-state index contributed by atoms with van der Waals surface area (Å²) < 4.78 is 172. The Morgan fingerprint density at radius 2 is 0.816 bits per heavy atom. The number of rotatable bonds is 14. The van der Waals surface area contributed by atoms with Gasteiger partial charge in [-0.1, -0.05) is 57.2 Å². The fourth-order valence-corrected chi connectivity index (χ4v) is 9.40. The summed E-state index contributed by atoms with van der Waals surface area (Å²) in [5.41, 5.74) is -0.851. The van der Waals surface area contributed by atoms with Crippen LogP contribution in [0.1, 0.15) is 85.6 Å². The van der Waals surface area contributed by atoms with E-state index in [1.807, 2.05) is 0 Å². The van der Waals surface area contributed by atoms with Crippen LogP contribution < -0.4 is 25.4 Å². The predicted octanol–water partition coefficient (Wildman–Crippen LogP) is 15.8. The second-order valence-corrected chi connectivity index (χ2v) is 22.0. The van der Waals surface area contributed by atoms with Crippen LogP contribution in [0.15, 0.2) is 107 Å². The number of ether oxygens (including phenoxy) is 3. The van der Waals surface area contributed by atoms with Gasteiger partial charge < -0.3 is 30.2 Å². The van der Waals surface area contributed by atoms with E-state index in [-0.39, 0.29) is 90.9 Å². The van der Waals surface area contributed by atoms with Crippen molar-refractivity contribution >= 4 is 92.2 Å². The van der Waals surface area contributed by atoms with E-state index in [9.17, 15) is 71.9 Å². The number of nitrogens with one attached hydrogen (secondary N) is 3. The summed E-state index contributed by atoms with van der Waals surface area (Å²) in [6.45, 7) is 3.76. The zero-order valence-electron chi connectivity index (χ0n) is 44.6. The topological polar surface area (TPSA) is 184 Å². The number of halogens is 14. The molecule has 0 aliphatic carbocycles. The van der Waals surface area contributed by atoms with E-state index in [1.165, 1.54) is 62.4 Å². The highest BCUT2D eigenvalue weighted by atomic mass is 35.5. The molecule has 3 amide bonds. The smallest absolute Gasteiger partial charge is 0.416 e. The number of hydrogen-bond acceptors (Lipinski definition) is 15. The highest BCUT2D eigenvalue weighted by Crippen LogP contribution is 2.34. The average molecular weight is 1340 g/mol. The molecule has 9 rings (SSSR count). The Kier molecular flexibility index (Phi) is 23.8. The molecule has 0 spiro atoms. The molecule has 0 saturated heterocycles. The Balaban J connectivity index is 0.000000196. The van der Waals surface area contributed by atoms with E-state index >= 15 is 0 Å². The van der Waals surface area contributed by atoms with Gasteiger partial charge >= 0.3 is 18.3 Å². The summed E-state index contributed by atoms with van der Waals surface area (Å²) in [4.78, 5) is 62.4. The first-order valence-corrected chi connectivity index (χ1v) is 28.3. The molecule has 0 fully saturated rings. The third-order valence-corrected chi connectivity index (χ3v) is 14.7. The Morgan fingerprint density at radius 3 is 1.09 bits per heavy atom. The quantitative estimate of drug-likeness (QED) is 0.0695. The van der Waals surface area contributed by atoms with Crippen LogP contribution >= 0.6 is 68.5 Å². The fraction of sp³-hybridized carbons (Fsp3) is 0.164. The Bertz CT molecular complexity index is 3650. The van der Waals surface area contributed by atoms with Gasteiger partial charge in [-0.25, -0.2) is 41.1 Å². The van der Waals surface area contributed by atoms with Gasteiger partial charge in [-0.3, -0.25) is 14.4 Å². The molecule has 4 aromatic heterocycles. The van der Waals surface area contributed by atoms with E-state index in [1.54, 1.807) is 0 Å². The molecule has 0 aliphatic rings. The largest absolute Gasteiger partial charge is 0.465 e. The number of carbonyl (C=O) groups excluding carboxylic acids is 4. The van der Waals surface area contributed by atoms with Gasteiger partial charge in [0.2, 0.25) is 0 Å². The van der Waals surface area contributed by atoms with Crippen LogP contribution in [0, 0.1) is 55.7 Å². The van der Waals surface area contributed by atoms with Crippen molar-refractivity contribution in [2.45, 2.75) is 52.8 Å². The first-order valence-electron chi connectivity index (χ1n) is 24.1. The lowest BCUT2D eigenvalue weighted by Crippen LogP contribution is -2.23. The zero-order valence-corrected chi connectivity index (χ0v) is 49.4. The number of benzene rings is 5. The maximum absolute atomic E-state index is 13.5. The number of aromatic nitrogens is 4. The lowest BCUT2D eigenvalue weighted by molar-refractivity contribution is -0.138. The van der Waals surface area contributed by atoms with Crippen molar-refractivity contribution in [3.63, 3.8) is 0 Å². The molecule has 3 N–H and O–H groups in total. The van der Waals surface area contributed by atoms with Crippen molar-refractivity contribution in [2.24, 2.45) is 0 Å². The van der Waals surface area contributed by atoms with E-state index in [2.05, 4.69) is 40.6 Å². The number of methoxy groups -OCH3 is 1. The maximum Gasteiger partial charge on any atom is 0.416 e. The van der Waals surface area contributed by atoms with Crippen LogP contribution in [0.4, 0.5) is 52.7 Å². The first kappa shape index (κ1) is 68.0. The lowest BCUT2D eigenvalue weighted by Gasteiger charge is -2.07. The number of alkyl halides is 6. The summed E-state index contributed by atoms with van der Waals surface area (Å²) in [6, 6.07) is 14.9. The molecule has 5 aromatic carbocycles. The van der Waals surface area contributed by atoms with Crippen molar-refractivity contribution < 1.29 is 86.1 Å². The van der Waals surface area contributed by atoms with Crippen molar-refractivity contribution in [1.29, 1.82) is 0 Å². The summed E-state index contributed by atoms with van der Waals surface area (Å²) in [7, 11) is 1.32. The van der Waals surface area contributed by atoms with Crippen LogP contribution in [0.3, 0.4) is 0 Å². The molecule has 0 saturated carbocycles. The van der Waals surface area contributed by atoms with Gasteiger partial charge in [-0.05, 0) is 122 Å². The lowest BCUT2D eigenvalue weighted by atomic mass is 10.1. The predicted molar refractivity (Wildman–Crippen MR) is 300 cm³/mol. The minimum absolute atomic E-state index is 0.00460. The molecule has 9 aromatic rings. The molecule has 0 aliphatic heterocycles. The monoisotopic (exact) mass is 1340 g/mol. The molecule has 0 unspecified atom stereocenters. The van der Waals surface area contributed by atoms with Crippen LogP contribution in [0.5, 0.6) is 21.9 Å². The third-order valence-electron chi connectivity index (χ3n) is 11.2. The Morgan fingerprint density at radius 1 is 0.494 bits per heavy atom. The van der Waals surface area contributed by atoms with Gasteiger partial charge in [-0.2, -0.15) is 36.3 Å². The van der Waals surface area contributed by atoms with Gasteiger partial charge in [0.15, 0.2) is 8.93 Å². The second kappa shape index (κ2) is 30.5. The number of carbonyl (C=O) groups is 4. The molecule has 87 heavy (non-hydrogen) atoms. The second-order valence-electron chi connectivity index (χ2n) is 17.3. The van der Waals surface area contributed by atoms with Crippen molar-refractivity contribution in [1.82, 2.24) is 35.9 Å². The van der Waals surface area contributed by atoms with Gasteiger partial charge in [0.1, 0.15) is 68.4 Å². The Hall–Kier alpha value is -8.16. The molecule has 0 atom stereocenters. The summed E-state index contributed by atoms with van der Waals surface area (Å²) in [5, 5.41) is 11.9. The molecule has 32 heteroatoms. The highest BCUT2D eigenvalue weighted by molar-refractivity contribution is 7.17. The fourth-order valence-electron chi connectivity index (χ4n) is 6.46. The number of esters is 1. The summed E-state index contributed by atoms with van der Waals surface area (Å²) in [6.07, 6.45) is -7.51. The van der Waals surface area contributed by atoms with E-state index in [0.717, 1.165) is 118 Å². The van der Waals surface area contributed by atoms with Crippen LogP contribution in [-0.4, -0.2) is 50.7 Å². The summed E-state index contributed by atoms with van der Waals surface area (Å²) >= 11 is 15.3. The molecule has 0 bridgehead atoms. The maximum atomic E-state index is 13.5.